The van der Waals surface area contributed by atoms with Crippen LogP contribution in [0.15, 0.2) is 109 Å². The molecule has 0 aliphatic rings. The molecular weight excluding hydrogens is 314 g/mol. The molecule has 1 heterocycles. The van der Waals surface area contributed by atoms with Gasteiger partial charge in [-0.05, 0) is 51.6 Å². The molecule has 0 saturated heterocycles. The highest BCUT2D eigenvalue weighted by Gasteiger charge is 2.05. The average molecular weight is 333 g/mol. The maximum atomic E-state index is 4.09. The maximum Gasteiger partial charge on any atom is 0.0273 e. The fourth-order valence-corrected chi connectivity index (χ4v) is 3.05. The van der Waals surface area contributed by atoms with Crippen LogP contribution in [0.4, 0.5) is 0 Å². The Morgan fingerprint density at radius 2 is 1.04 bits per heavy atom. The van der Waals surface area contributed by atoms with Gasteiger partial charge in [0.2, 0.25) is 0 Å². The normalized spacial score (nSPS) is 10.3. The van der Waals surface area contributed by atoms with Gasteiger partial charge in [-0.3, -0.25) is 4.98 Å². The van der Waals surface area contributed by atoms with Crippen molar-refractivity contribution in [1.29, 1.82) is 0 Å². The Hall–Kier alpha value is -3.45. The highest BCUT2D eigenvalue weighted by Crippen LogP contribution is 2.27. The minimum atomic E-state index is 1.18. The zero-order chi connectivity index (χ0) is 17.6. The number of hydrogen-bond donors (Lipinski definition) is 0. The lowest BCUT2D eigenvalue weighted by atomic mass is 9.95. The van der Waals surface area contributed by atoms with Crippen LogP contribution in [0.3, 0.4) is 0 Å². The molecule has 0 saturated carbocycles. The SMILES string of the molecule is C(=C(c1ccccc1)c1ccccc1)c1ccc(-c2ccncc2)cc1. The number of pyridine rings is 1. The molecule has 124 valence electrons. The Morgan fingerprint density at radius 3 is 1.58 bits per heavy atom. The van der Waals surface area contributed by atoms with Crippen LogP contribution in [-0.4, -0.2) is 4.98 Å². The molecule has 26 heavy (non-hydrogen) atoms. The van der Waals surface area contributed by atoms with E-state index in [0.29, 0.717) is 0 Å². The number of aromatic nitrogens is 1. The summed E-state index contributed by atoms with van der Waals surface area (Å²) in [5, 5.41) is 0. The fourth-order valence-electron chi connectivity index (χ4n) is 3.05. The second-order valence-electron chi connectivity index (χ2n) is 6.15. The van der Waals surface area contributed by atoms with E-state index in [1.807, 2.05) is 24.5 Å². The molecule has 1 heteroatoms. The molecule has 4 aromatic rings. The van der Waals surface area contributed by atoms with Crippen molar-refractivity contribution >= 4 is 11.6 Å². The van der Waals surface area contributed by atoms with Gasteiger partial charge in [0.05, 0.1) is 0 Å². The third-order valence-electron chi connectivity index (χ3n) is 4.40. The van der Waals surface area contributed by atoms with Crippen LogP contribution in [0.2, 0.25) is 0 Å². The largest absolute Gasteiger partial charge is 0.265 e. The van der Waals surface area contributed by atoms with E-state index in [2.05, 4.69) is 96.0 Å². The maximum absolute atomic E-state index is 4.09. The Labute approximate surface area is 154 Å². The van der Waals surface area contributed by atoms with Gasteiger partial charge in [-0.15, -0.1) is 0 Å². The highest BCUT2D eigenvalue weighted by molar-refractivity contribution is 5.91. The van der Waals surface area contributed by atoms with E-state index in [-0.39, 0.29) is 0 Å². The molecule has 0 unspecified atom stereocenters. The van der Waals surface area contributed by atoms with E-state index in [1.165, 1.54) is 33.4 Å². The molecule has 3 aromatic carbocycles. The van der Waals surface area contributed by atoms with Crippen LogP contribution >= 0.6 is 0 Å². The summed E-state index contributed by atoms with van der Waals surface area (Å²) in [5.74, 6) is 0. The number of benzene rings is 3. The first-order valence-corrected chi connectivity index (χ1v) is 8.73. The molecule has 1 nitrogen and oxygen atoms in total. The summed E-state index contributed by atoms with van der Waals surface area (Å²) in [6, 6.07) is 33.8. The number of nitrogens with zero attached hydrogens (tertiary/aromatic N) is 1. The Balaban J connectivity index is 1.73. The second-order valence-corrected chi connectivity index (χ2v) is 6.15. The van der Waals surface area contributed by atoms with Crippen LogP contribution in [0, 0.1) is 0 Å². The summed E-state index contributed by atoms with van der Waals surface area (Å²) in [7, 11) is 0. The first-order chi connectivity index (χ1) is 12.9. The van der Waals surface area contributed by atoms with Crippen molar-refractivity contribution in [2.75, 3.05) is 0 Å². The average Bonchev–Trinajstić information content (AvgIpc) is 2.74. The first-order valence-electron chi connectivity index (χ1n) is 8.73. The lowest BCUT2D eigenvalue weighted by Gasteiger charge is -2.09. The van der Waals surface area contributed by atoms with Crippen molar-refractivity contribution in [3.63, 3.8) is 0 Å². The molecule has 0 radical (unpaired) electrons. The summed E-state index contributed by atoms with van der Waals surface area (Å²) in [4.78, 5) is 4.09. The molecule has 0 bridgehead atoms. The van der Waals surface area contributed by atoms with Crippen molar-refractivity contribution in [3.8, 4) is 11.1 Å². The predicted molar refractivity (Wildman–Crippen MR) is 110 cm³/mol. The molecule has 0 aliphatic carbocycles. The summed E-state index contributed by atoms with van der Waals surface area (Å²) in [6.45, 7) is 0. The Kier molecular flexibility index (Phi) is 4.70. The van der Waals surface area contributed by atoms with Crippen molar-refractivity contribution in [1.82, 2.24) is 4.98 Å². The number of hydrogen-bond acceptors (Lipinski definition) is 1. The summed E-state index contributed by atoms with van der Waals surface area (Å²) < 4.78 is 0. The van der Waals surface area contributed by atoms with Crippen molar-refractivity contribution < 1.29 is 0 Å². The van der Waals surface area contributed by atoms with Gasteiger partial charge in [-0.25, -0.2) is 0 Å². The predicted octanol–water partition coefficient (Wildman–Crippen LogP) is 6.34. The summed E-state index contributed by atoms with van der Waals surface area (Å²) in [6.07, 6.45) is 5.90. The lowest BCUT2D eigenvalue weighted by molar-refractivity contribution is 1.33. The smallest absolute Gasteiger partial charge is 0.0273 e. The van der Waals surface area contributed by atoms with Crippen molar-refractivity contribution in [3.05, 3.63) is 126 Å². The van der Waals surface area contributed by atoms with Gasteiger partial charge < -0.3 is 0 Å². The summed E-state index contributed by atoms with van der Waals surface area (Å²) >= 11 is 0. The fraction of sp³-hybridized carbons (Fsp3) is 0. The second kappa shape index (κ2) is 7.62. The van der Waals surface area contributed by atoms with Gasteiger partial charge in [0, 0.05) is 12.4 Å². The van der Waals surface area contributed by atoms with Crippen molar-refractivity contribution in [2.45, 2.75) is 0 Å². The van der Waals surface area contributed by atoms with E-state index < -0.39 is 0 Å². The third kappa shape index (κ3) is 3.62. The topological polar surface area (TPSA) is 12.9 Å². The first kappa shape index (κ1) is 16.0. The van der Waals surface area contributed by atoms with Gasteiger partial charge in [-0.2, -0.15) is 0 Å². The lowest BCUT2D eigenvalue weighted by Crippen LogP contribution is -1.88. The zero-order valence-electron chi connectivity index (χ0n) is 14.4. The zero-order valence-corrected chi connectivity index (χ0v) is 14.4. The van der Waals surface area contributed by atoms with Gasteiger partial charge in [0.15, 0.2) is 0 Å². The molecule has 4 rings (SSSR count). The summed E-state index contributed by atoms with van der Waals surface area (Å²) in [5.41, 5.74) is 7.23. The van der Waals surface area contributed by atoms with E-state index in [1.54, 1.807) is 0 Å². The van der Waals surface area contributed by atoms with Gasteiger partial charge in [0.25, 0.3) is 0 Å². The Bertz CT molecular complexity index is 945. The highest BCUT2D eigenvalue weighted by atomic mass is 14.6. The monoisotopic (exact) mass is 333 g/mol. The number of rotatable bonds is 4. The van der Waals surface area contributed by atoms with E-state index in [4.69, 9.17) is 0 Å². The molecule has 0 spiro atoms. The molecule has 0 aliphatic heterocycles. The van der Waals surface area contributed by atoms with Crippen LogP contribution in [0.5, 0.6) is 0 Å². The van der Waals surface area contributed by atoms with Gasteiger partial charge in [0.1, 0.15) is 0 Å². The van der Waals surface area contributed by atoms with Crippen LogP contribution < -0.4 is 0 Å². The van der Waals surface area contributed by atoms with E-state index >= 15 is 0 Å². The van der Waals surface area contributed by atoms with Crippen molar-refractivity contribution in [2.24, 2.45) is 0 Å². The molecule has 1 aromatic heterocycles. The molecular formula is C25H19N. The third-order valence-corrected chi connectivity index (χ3v) is 4.40. The molecule has 0 atom stereocenters. The minimum Gasteiger partial charge on any atom is -0.265 e. The minimum absolute atomic E-state index is 1.18. The van der Waals surface area contributed by atoms with Gasteiger partial charge in [-0.1, -0.05) is 84.9 Å². The molecule has 0 amide bonds. The molecule has 0 N–H and O–H groups in total. The quantitative estimate of drug-likeness (QED) is 0.397. The Morgan fingerprint density at radius 1 is 0.538 bits per heavy atom. The van der Waals surface area contributed by atoms with Crippen LogP contribution in [0.1, 0.15) is 16.7 Å². The van der Waals surface area contributed by atoms with Gasteiger partial charge >= 0.3 is 0 Å². The van der Waals surface area contributed by atoms with Crippen LogP contribution in [0.25, 0.3) is 22.8 Å². The van der Waals surface area contributed by atoms with E-state index in [0.717, 1.165) is 0 Å². The standard InChI is InChI=1S/C25H19N/c1-3-7-23(8-4-1)25(24-9-5-2-6-10-24)19-20-11-13-21(14-12-20)22-15-17-26-18-16-22/h1-19H. The van der Waals surface area contributed by atoms with E-state index in [9.17, 15) is 0 Å². The molecule has 0 fully saturated rings. The van der Waals surface area contributed by atoms with Crippen LogP contribution in [-0.2, 0) is 0 Å².